The fourth-order valence-electron chi connectivity index (χ4n) is 1.67. The largest absolute Gasteiger partial charge is 0.416 e. The standard InChI is InChI=1S/C14H10BrF3N2O3S/c15-11-5-1-9(2-6-11)13(21)19-20-24(22,23)12-7-3-10(4-8-12)14(16,17)18/h1-8,20H,(H,19,21). The third kappa shape index (κ3) is 4.56. The lowest BCUT2D eigenvalue weighted by atomic mass is 10.2. The van der Waals surface area contributed by atoms with Crippen LogP contribution in [0, 0.1) is 0 Å². The van der Waals surface area contributed by atoms with E-state index in [9.17, 15) is 26.4 Å². The summed E-state index contributed by atoms with van der Waals surface area (Å²) in [4.78, 5) is 13.2. The smallest absolute Gasteiger partial charge is 0.273 e. The van der Waals surface area contributed by atoms with Crippen LogP contribution >= 0.6 is 15.9 Å². The van der Waals surface area contributed by atoms with Crippen molar-refractivity contribution in [2.75, 3.05) is 0 Å². The molecule has 5 nitrogen and oxygen atoms in total. The molecule has 0 bridgehead atoms. The minimum absolute atomic E-state index is 0.202. The lowest BCUT2D eigenvalue weighted by molar-refractivity contribution is -0.137. The Bertz CT molecular complexity index is 835. The maximum atomic E-state index is 12.5. The Kier molecular flexibility index (Phi) is 5.31. The van der Waals surface area contributed by atoms with Gasteiger partial charge in [-0.3, -0.25) is 10.2 Å². The Morgan fingerprint density at radius 1 is 0.958 bits per heavy atom. The van der Waals surface area contributed by atoms with Gasteiger partial charge in [-0.1, -0.05) is 15.9 Å². The van der Waals surface area contributed by atoms with Crippen LogP contribution in [-0.2, 0) is 16.2 Å². The second kappa shape index (κ2) is 6.91. The van der Waals surface area contributed by atoms with Crippen molar-refractivity contribution in [3.8, 4) is 0 Å². The van der Waals surface area contributed by atoms with E-state index in [1.807, 2.05) is 10.3 Å². The average Bonchev–Trinajstić information content (AvgIpc) is 2.53. The maximum absolute atomic E-state index is 12.5. The van der Waals surface area contributed by atoms with E-state index in [2.05, 4.69) is 15.9 Å². The number of benzene rings is 2. The van der Waals surface area contributed by atoms with Crippen LogP contribution in [0.5, 0.6) is 0 Å². The van der Waals surface area contributed by atoms with E-state index in [0.29, 0.717) is 12.1 Å². The van der Waals surface area contributed by atoms with Crippen molar-refractivity contribution in [3.63, 3.8) is 0 Å². The highest BCUT2D eigenvalue weighted by molar-refractivity contribution is 9.10. The van der Waals surface area contributed by atoms with Crippen molar-refractivity contribution in [2.45, 2.75) is 11.1 Å². The summed E-state index contributed by atoms with van der Waals surface area (Å²) in [5.74, 6) is -0.710. The van der Waals surface area contributed by atoms with Gasteiger partial charge in [0.15, 0.2) is 0 Å². The van der Waals surface area contributed by atoms with Crippen molar-refractivity contribution in [2.24, 2.45) is 0 Å². The molecule has 0 unspecified atom stereocenters. The number of nitrogens with one attached hydrogen (secondary N) is 2. The summed E-state index contributed by atoms with van der Waals surface area (Å²) in [6.45, 7) is 0. The number of sulfonamides is 1. The molecule has 0 aliphatic rings. The molecule has 10 heteroatoms. The van der Waals surface area contributed by atoms with Crippen molar-refractivity contribution < 1.29 is 26.4 Å². The second-order valence-electron chi connectivity index (χ2n) is 4.59. The monoisotopic (exact) mass is 422 g/mol. The van der Waals surface area contributed by atoms with Gasteiger partial charge >= 0.3 is 6.18 Å². The first-order chi connectivity index (χ1) is 11.1. The summed E-state index contributed by atoms with van der Waals surface area (Å²) in [6.07, 6.45) is -4.56. The SMILES string of the molecule is O=C(NNS(=O)(=O)c1ccc(C(F)(F)F)cc1)c1ccc(Br)cc1. The van der Waals surface area contributed by atoms with Gasteiger partial charge in [0.05, 0.1) is 10.5 Å². The number of hydrazine groups is 1. The first-order valence-corrected chi connectivity index (χ1v) is 8.62. The second-order valence-corrected chi connectivity index (χ2v) is 7.19. The number of carbonyl (C=O) groups excluding carboxylic acids is 1. The molecule has 2 aromatic rings. The Morgan fingerprint density at radius 2 is 1.50 bits per heavy atom. The van der Waals surface area contributed by atoms with Gasteiger partial charge in [-0.05, 0) is 48.5 Å². The molecule has 2 aromatic carbocycles. The Labute approximate surface area is 144 Å². The Hall–Kier alpha value is -1.91. The number of carbonyl (C=O) groups is 1. The quantitative estimate of drug-likeness (QED) is 0.743. The molecular formula is C14H10BrF3N2O3S. The van der Waals surface area contributed by atoms with Crippen LogP contribution in [0.1, 0.15) is 15.9 Å². The molecule has 0 spiro atoms. The third-order valence-corrected chi connectivity index (χ3v) is 4.69. The molecule has 24 heavy (non-hydrogen) atoms. The van der Waals surface area contributed by atoms with Crippen LogP contribution in [0.2, 0.25) is 0 Å². The molecule has 0 atom stereocenters. The van der Waals surface area contributed by atoms with Crippen molar-refractivity contribution in [1.82, 2.24) is 10.3 Å². The van der Waals surface area contributed by atoms with Crippen LogP contribution in [0.15, 0.2) is 57.9 Å². The van der Waals surface area contributed by atoms with Gasteiger partial charge in [0, 0.05) is 10.0 Å². The van der Waals surface area contributed by atoms with Gasteiger partial charge in [-0.2, -0.15) is 13.2 Å². The number of halogens is 4. The first-order valence-electron chi connectivity index (χ1n) is 6.34. The summed E-state index contributed by atoms with van der Waals surface area (Å²) in [5, 5.41) is 0. The van der Waals surface area contributed by atoms with E-state index in [4.69, 9.17) is 0 Å². The number of hydrogen-bond donors (Lipinski definition) is 2. The lowest BCUT2D eigenvalue weighted by Gasteiger charge is -2.10. The Balaban J connectivity index is 2.08. The summed E-state index contributed by atoms with van der Waals surface area (Å²) in [7, 11) is -4.19. The molecule has 2 rings (SSSR count). The molecule has 128 valence electrons. The van der Waals surface area contributed by atoms with E-state index in [0.717, 1.165) is 16.6 Å². The summed E-state index contributed by atoms with van der Waals surface area (Å²) >= 11 is 3.19. The minimum atomic E-state index is -4.56. The first kappa shape index (κ1) is 18.4. The van der Waals surface area contributed by atoms with Crippen LogP contribution in [0.3, 0.4) is 0 Å². The minimum Gasteiger partial charge on any atom is -0.273 e. The van der Waals surface area contributed by atoms with Gasteiger partial charge in [0.25, 0.3) is 15.9 Å². The Morgan fingerprint density at radius 3 is 2.00 bits per heavy atom. The van der Waals surface area contributed by atoms with Gasteiger partial charge in [0.2, 0.25) is 0 Å². The molecule has 0 saturated carbocycles. The average molecular weight is 423 g/mol. The van der Waals surface area contributed by atoms with Crippen molar-refractivity contribution in [1.29, 1.82) is 0 Å². The topological polar surface area (TPSA) is 75.3 Å². The normalized spacial score (nSPS) is 12.0. The summed E-state index contributed by atoms with van der Waals surface area (Å²) in [6, 6.07) is 9.01. The number of rotatable bonds is 4. The maximum Gasteiger partial charge on any atom is 0.416 e. The zero-order valence-corrected chi connectivity index (χ0v) is 14.2. The van der Waals surface area contributed by atoms with Gasteiger partial charge in [-0.25, -0.2) is 8.42 Å². The molecule has 0 heterocycles. The fraction of sp³-hybridized carbons (Fsp3) is 0.0714. The molecular weight excluding hydrogens is 413 g/mol. The highest BCUT2D eigenvalue weighted by Gasteiger charge is 2.30. The molecule has 0 aliphatic heterocycles. The fourth-order valence-corrected chi connectivity index (χ4v) is 2.77. The van der Waals surface area contributed by atoms with E-state index >= 15 is 0 Å². The molecule has 0 radical (unpaired) electrons. The van der Waals surface area contributed by atoms with Gasteiger partial charge < -0.3 is 0 Å². The molecule has 0 aromatic heterocycles. The van der Waals surface area contributed by atoms with Crippen LogP contribution in [-0.4, -0.2) is 14.3 Å². The summed E-state index contributed by atoms with van der Waals surface area (Å²) < 4.78 is 62.1. The molecule has 0 saturated heterocycles. The lowest BCUT2D eigenvalue weighted by Crippen LogP contribution is -2.41. The highest BCUT2D eigenvalue weighted by atomic mass is 79.9. The highest BCUT2D eigenvalue weighted by Crippen LogP contribution is 2.29. The van der Waals surface area contributed by atoms with Gasteiger partial charge in [-0.15, -0.1) is 4.83 Å². The number of amides is 1. The molecule has 0 aliphatic carbocycles. The van der Waals surface area contributed by atoms with E-state index in [-0.39, 0.29) is 5.56 Å². The molecule has 2 N–H and O–H groups in total. The van der Waals surface area contributed by atoms with Crippen LogP contribution in [0.25, 0.3) is 0 Å². The number of alkyl halides is 3. The van der Waals surface area contributed by atoms with Crippen LogP contribution < -0.4 is 10.3 Å². The predicted octanol–water partition coefficient (Wildman–Crippen LogP) is 3.09. The van der Waals surface area contributed by atoms with Gasteiger partial charge in [0.1, 0.15) is 0 Å². The van der Waals surface area contributed by atoms with E-state index < -0.39 is 32.6 Å². The molecule has 1 amide bonds. The molecule has 0 fully saturated rings. The van der Waals surface area contributed by atoms with E-state index in [1.165, 1.54) is 12.1 Å². The number of hydrogen-bond acceptors (Lipinski definition) is 3. The van der Waals surface area contributed by atoms with Crippen molar-refractivity contribution in [3.05, 3.63) is 64.1 Å². The van der Waals surface area contributed by atoms with Crippen LogP contribution in [0.4, 0.5) is 13.2 Å². The third-order valence-electron chi connectivity index (χ3n) is 2.90. The summed E-state index contributed by atoms with van der Waals surface area (Å²) in [5.41, 5.74) is 1.22. The van der Waals surface area contributed by atoms with Crippen molar-refractivity contribution >= 4 is 31.9 Å². The zero-order valence-electron chi connectivity index (χ0n) is 11.8. The van der Waals surface area contributed by atoms with E-state index in [1.54, 1.807) is 12.1 Å². The zero-order chi connectivity index (χ0) is 18.0. The predicted molar refractivity (Wildman–Crippen MR) is 83.4 cm³/mol.